The molecule has 2 N–H and O–H groups in total. The minimum Gasteiger partial charge on any atom is -0.348 e. The molecular weight excluding hydrogens is 350 g/mol. The van der Waals surface area contributed by atoms with Gasteiger partial charge in [0, 0.05) is 31.3 Å². The largest absolute Gasteiger partial charge is 0.348 e. The van der Waals surface area contributed by atoms with Crippen molar-refractivity contribution in [2.24, 2.45) is 0 Å². The topological polar surface area (TPSA) is 79.8 Å². The number of hydrogen-bond acceptors (Lipinski definition) is 5. The van der Waals surface area contributed by atoms with Crippen LogP contribution in [0.5, 0.6) is 0 Å². The summed E-state index contributed by atoms with van der Waals surface area (Å²) in [6, 6.07) is 7.59. The van der Waals surface area contributed by atoms with Crippen LogP contribution >= 0.6 is 11.6 Å². The number of aryl methyl sites for hydroxylation is 2. The van der Waals surface area contributed by atoms with Gasteiger partial charge in [0.15, 0.2) is 0 Å². The monoisotopic (exact) mass is 367 g/mol. The Morgan fingerprint density at radius 1 is 1.12 bits per heavy atom. The first-order valence-electron chi connectivity index (χ1n) is 8.06. The van der Waals surface area contributed by atoms with Gasteiger partial charge in [-0.25, -0.2) is 9.97 Å². The zero-order valence-electron chi connectivity index (χ0n) is 14.5. The number of nitrogens with one attached hydrogen (secondary N) is 2. The summed E-state index contributed by atoms with van der Waals surface area (Å²) in [7, 11) is 0. The highest BCUT2D eigenvalue weighted by molar-refractivity contribution is 6.33. The molecule has 7 heteroatoms. The van der Waals surface area contributed by atoms with Crippen molar-refractivity contribution in [3.63, 3.8) is 0 Å². The molecule has 0 bridgehead atoms. The summed E-state index contributed by atoms with van der Waals surface area (Å²) >= 11 is 6.28. The Kier molecular flexibility index (Phi) is 5.43. The maximum Gasteiger partial charge on any atom is 0.254 e. The van der Waals surface area contributed by atoms with E-state index >= 15 is 0 Å². The summed E-state index contributed by atoms with van der Waals surface area (Å²) in [5.74, 6) is 0.141. The fourth-order valence-corrected chi connectivity index (χ4v) is 2.85. The molecule has 0 fully saturated rings. The number of aromatic nitrogens is 3. The predicted octanol–water partition coefficient (Wildman–Crippen LogP) is 3.82. The first kappa shape index (κ1) is 17.8. The van der Waals surface area contributed by atoms with Crippen LogP contribution in [0.2, 0.25) is 5.02 Å². The summed E-state index contributed by atoms with van der Waals surface area (Å²) in [6.07, 6.45) is 6.33. The Hall–Kier alpha value is -2.99. The van der Waals surface area contributed by atoms with Gasteiger partial charge in [-0.15, -0.1) is 0 Å². The summed E-state index contributed by atoms with van der Waals surface area (Å²) in [6.45, 7) is 4.36. The van der Waals surface area contributed by atoms with E-state index in [2.05, 4.69) is 25.6 Å². The molecule has 0 saturated carbocycles. The summed E-state index contributed by atoms with van der Waals surface area (Å²) in [5, 5.41) is 6.52. The van der Waals surface area contributed by atoms with E-state index < -0.39 is 0 Å². The Balaban J connectivity index is 1.66. The normalized spacial score (nSPS) is 10.4. The Labute approximate surface area is 156 Å². The Morgan fingerprint density at radius 2 is 1.81 bits per heavy atom. The highest BCUT2D eigenvalue weighted by Gasteiger charge is 2.10. The fraction of sp³-hybridized carbons (Fsp3) is 0.158. The van der Waals surface area contributed by atoms with Gasteiger partial charge < -0.3 is 10.6 Å². The average Bonchev–Trinajstić information content (AvgIpc) is 2.64. The molecule has 1 aromatic carbocycles. The van der Waals surface area contributed by atoms with Crippen molar-refractivity contribution in [1.29, 1.82) is 0 Å². The SMILES string of the molecule is Cc1cc(C)c(Nc2ncc(C(=O)NCc3ccncc3)cn2)c(Cl)c1. The van der Waals surface area contributed by atoms with Crippen LogP contribution in [0.1, 0.15) is 27.0 Å². The second-order valence-corrected chi connectivity index (χ2v) is 6.30. The van der Waals surface area contributed by atoms with Gasteiger partial charge in [0.05, 0.1) is 16.3 Å². The second-order valence-electron chi connectivity index (χ2n) is 5.90. The number of carbonyl (C=O) groups is 1. The fourth-order valence-electron chi connectivity index (χ4n) is 2.48. The Morgan fingerprint density at radius 3 is 2.46 bits per heavy atom. The lowest BCUT2D eigenvalue weighted by molar-refractivity contribution is 0.0950. The molecule has 26 heavy (non-hydrogen) atoms. The van der Waals surface area contributed by atoms with E-state index in [1.165, 1.54) is 12.4 Å². The molecule has 0 spiro atoms. The highest BCUT2D eigenvalue weighted by Crippen LogP contribution is 2.29. The van der Waals surface area contributed by atoms with Crippen LogP contribution in [-0.2, 0) is 6.54 Å². The van der Waals surface area contributed by atoms with E-state index in [0.29, 0.717) is 23.1 Å². The van der Waals surface area contributed by atoms with Crippen molar-refractivity contribution >= 4 is 29.1 Å². The average molecular weight is 368 g/mol. The van der Waals surface area contributed by atoms with E-state index in [1.807, 2.05) is 38.1 Å². The van der Waals surface area contributed by atoms with Crippen molar-refractivity contribution in [1.82, 2.24) is 20.3 Å². The smallest absolute Gasteiger partial charge is 0.254 e. The van der Waals surface area contributed by atoms with Gasteiger partial charge in [-0.2, -0.15) is 0 Å². The van der Waals surface area contributed by atoms with Gasteiger partial charge in [-0.1, -0.05) is 17.7 Å². The van der Waals surface area contributed by atoms with Crippen LogP contribution in [0.25, 0.3) is 0 Å². The van der Waals surface area contributed by atoms with Crippen LogP contribution in [0.4, 0.5) is 11.6 Å². The van der Waals surface area contributed by atoms with Gasteiger partial charge in [-0.05, 0) is 48.7 Å². The molecule has 0 saturated heterocycles. The molecule has 3 rings (SSSR count). The summed E-state index contributed by atoms with van der Waals surface area (Å²) < 4.78 is 0. The number of pyridine rings is 1. The van der Waals surface area contributed by atoms with Gasteiger partial charge in [0.25, 0.3) is 5.91 Å². The number of anilines is 2. The molecule has 0 aliphatic heterocycles. The second kappa shape index (κ2) is 7.93. The van der Waals surface area contributed by atoms with Crippen molar-refractivity contribution in [2.75, 3.05) is 5.32 Å². The number of carbonyl (C=O) groups excluding carboxylic acids is 1. The Bertz CT molecular complexity index is 890. The van der Waals surface area contributed by atoms with Gasteiger partial charge in [0.2, 0.25) is 5.95 Å². The molecule has 0 aliphatic rings. The molecule has 0 aliphatic carbocycles. The first-order chi connectivity index (χ1) is 12.5. The lowest BCUT2D eigenvalue weighted by atomic mass is 10.1. The lowest BCUT2D eigenvalue weighted by Crippen LogP contribution is -2.23. The number of hydrogen-bond donors (Lipinski definition) is 2. The molecule has 1 amide bonds. The number of halogens is 1. The third-order valence-corrected chi connectivity index (χ3v) is 4.08. The molecule has 6 nitrogen and oxygen atoms in total. The van der Waals surface area contributed by atoms with Crippen molar-refractivity contribution < 1.29 is 4.79 Å². The standard InChI is InChI=1S/C19H18ClN5O/c1-12-7-13(2)17(16(20)8-12)25-19-23-10-15(11-24-19)18(26)22-9-14-3-5-21-6-4-14/h3-8,10-11H,9H2,1-2H3,(H,22,26)(H,23,24,25). The van der Waals surface area contributed by atoms with E-state index in [1.54, 1.807) is 12.4 Å². The molecular formula is C19H18ClN5O. The molecule has 132 valence electrons. The van der Waals surface area contributed by atoms with Gasteiger partial charge in [0.1, 0.15) is 0 Å². The quantitative estimate of drug-likeness (QED) is 0.716. The van der Waals surface area contributed by atoms with Crippen LogP contribution in [0.3, 0.4) is 0 Å². The molecule has 2 aromatic heterocycles. The van der Waals surface area contributed by atoms with Crippen molar-refractivity contribution in [3.05, 3.63) is 76.3 Å². The zero-order valence-corrected chi connectivity index (χ0v) is 15.2. The predicted molar refractivity (Wildman–Crippen MR) is 102 cm³/mol. The van der Waals surface area contributed by atoms with Gasteiger partial charge in [-0.3, -0.25) is 9.78 Å². The van der Waals surface area contributed by atoms with Crippen LogP contribution < -0.4 is 10.6 Å². The number of amides is 1. The molecule has 0 radical (unpaired) electrons. The molecule has 0 unspecified atom stereocenters. The van der Waals surface area contributed by atoms with Crippen LogP contribution in [0.15, 0.2) is 49.1 Å². The van der Waals surface area contributed by atoms with E-state index in [-0.39, 0.29) is 5.91 Å². The maximum absolute atomic E-state index is 12.2. The van der Waals surface area contributed by atoms with Gasteiger partial charge >= 0.3 is 0 Å². The number of nitrogens with zero attached hydrogens (tertiary/aromatic N) is 3. The zero-order chi connectivity index (χ0) is 18.5. The minimum atomic E-state index is -0.238. The van der Waals surface area contributed by atoms with Crippen LogP contribution in [-0.4, -0.2) is 20.9 Å². The summed E-state index contributed by atoms with van der Waals surface area (Å²) in [5.41, 5.74) is 4.19. The van der Waals surface area contributed by atoms with Crippen molar-refractivity contribution in [2.45, 2.75) is 20.4 Å². The minimum absolute atomic E-state index is 0.238. The lowest BCUT2D eigenvalue weighted by Gasteiger charge is -2.11. The molecule has 0 atom stereocenters. The number of benzene rings is 1. The van der Waals surface area contributed by atoms with E-state index in [9.17, 15) is 4.79 Å². The third-order valence-electron chi connectivity index (χ3n) is 3.78. The number of rotatable bonds is 5. The van der Waals surface area contributed by atoms with Crippen molar-refractivity contribution in [3.8, 4) is 0 Å². The maximum atomic E-state index is 12.2. The first-order valence-corrected chi connectivity index (χ1v) is 8.43. The summed E-state index contributed by atoms with van der Waals surface area (Å²) in [4.78, 5) is 24.5. The van der Waals surface area contributed by atoms with Crippen LogP contribution in [0, 0.1) is 13.8 Å². The highest BCUT2D eigenvalue weighted by atomic mass is 35.5. The molecule has 3 aromatic rings. The third kappa shape index (κ3) is 4.34. The molecule has 2 heterocycles. The van der Waals surface area contributed by atoms with E-state index in [4.69, 9.17) is 11.6 Å². The van der Waals surface area contributed by atoms with E-state index in [0.717, 1.165) is 22.4 Å².